The Kier molecular flexibility index (Phi) is 4.86. The minimum Gasteiger partial charge on any atom is -0.370 e. The molecule has 120 valence electrons. The Morgan fingerprint density at radius 2 is 1.78 bits per heavy atom. The van der Waals surface area contributed by atoms with Crippen molar-refractivity contribution >= 4 is 17.3 Å². The van der Waals surface area contributed by atoms with Crippen molar-refractivity contribution in [1.82, 2.24) is 4.98 Å². The molecule has 1 aromatic heterocycles. The number of pyridine rings is 1. The molecule has 1 aromatic carbocycles. The fourth-order valence-electron chi connectivity index (χ4n) is 2.79. The van der Waals surface area contributed by atoms with E-state index in [9.17, 15) is 9.18 Å². The summed E-state index contributed by atoms with van der Waals surface area (Å²) < 4.78 is 13.6. The van der Waals surface area contributed by atoms with Gasteiger partial charge in [0.2, 0.25) is 0 Å². The summed E-state index contributed by atoms with van der Waals surface area (Å²) in [6, 6.07) is 9.70. The predicted octanol–water partition coefficient (Wildman–Crippen LogP) is 3.85. The zero-order valence-corrected chi connectivity index (χ0v) is 13.0. The van der Waals surface area contributed by atoms with Crippen LogP contribution in [0.1, 0.15) is 36.2 Å². The number of para-hydroxylation sites is 1. The van der Waals surface area contributed by atoms with Crippen molar-refractivity contribution in [2.45, 2.75) is 25.7 Å². The predicted molar refractivity (Wildman–Crippen MR) is 89.3 cm³/mol. The van der Waals surface area contributed by atoms with Gasteiger partial charge in [-0.2, -0.15) is 0 Å². The van der Waals surface area contributed by atoms with Crippen LogP contribution in [0.15, 0.2) is 42.6 Å². The number of anilines is 2. The Morgan fingerprint density at radius 1 is 1.04 bits per heavy atom. The van der Waals surface area contributed by atoms with E-state index in [2.05, 4.69) is 15.2 Å². The van der Waals surface area contributed by atoms with Crippen LogP contribution in [0.3, 0.4) is 0 Å². The number of nitrogens with zero attached hydrogens (tertiary/aromatic N) is 2. The van der Waals surface area contributed by atoms with E-state index in [-0.39, 0.29) is 11.4 Å². The molecule has 23 heavy (non-hydrogen) atoms. The first-order chi connectivity index (χ1) is 11.2. The summed E-state index contributed by atoms with van der Waals surface area (Å²) in [5.41, 5.74) is 1.48. The van der Waals surface area contributed by atoms with E-state index >= 15 is 0 Å². The van der Waals surface area contributed by atoms with Gasteiger partial charge in [-0.25, -0.2) is 9.37 Å². The summed E-state index contributed by atoms with van der Waals surface area (Å²) >= 11 is 0. The number of benzene rings is 1. The van der Waals surface area contributed by atoms with Crippen molar-refractivity contribution in [3.05, 3.63) is 54.1 Å². The zero-order valence-electron chi connectivity index (χ0n) is 13.0. The Morgan fingerprint density at radius 3 is 2.43 bits per heavy atom. The van der Waals surface area contributed by atoms with Gasteiger partial charge in [0.25, 0.3) is 5.91 Å². The molecule has 2 aromatic rings. The smallest absolute Gasteiger partial charge is 0.274 e. The molecule has 3 rings (SSSR count). The van der Waals surface area contributed by atoms with Gasteiger partial charge in [-0.15, -0.1) is 0 Å². The second-order valence-corrected chi connectivity index (χ2v) is 5.74. The van der Waals surface area contributed by atoms with Crippen molar-refractivity contribution in [2.24, 2.45) is 0 Å². The standard InChI is InChI=1S/C18H20FN3O/c19-15-7-3-4-8-16(15)21-18(23)17-10-9-14(13-20-17)22-11-5-1-2-6-12-22/h3-4,7-10,13H,1-2,5-6,11-12H2,(H,21,23). The maximum absolute atomic E-state index is 13.6. The van der Waals surface area contributed by atoms with E-state index in [1.165, 1.54) is 37.8 Å². The second-order valence-electron chi connectivity index (χ2n) is 5.74. The van der Waals surface area contributed by atoms with Crippen LogP contribution in [0, 0.1) is 5.82 Å². The van der Waals surface area contributed by atoms with Crippen LogP contribution in [0.5, 0.6) is 0 Å². The average molecular weight is 313 g/mol. The molecule has 1 saturated heterocycles. The Balaban J connectivity index is 1.69. The highest BCUT2D eigenvalue weighted by molar-refractivity contribution is 6.03. The number of carbonyl (C=O) groups is 1. The molecule has 1 fully saturated rings. The molecule has 0 atom stereocenters. The van der Waals surface area contributed by atoms with Gasteiger partial charge >= 0.3 is 0 Å². The number of carbonyl (C=O) groups excluding carboxylic acids is 1. The first kappa shape index (κ1) is 15.5. The van der Waals surface area contributed by atoms with E-state index in [4.69, 9.17) is 0 Å². The van der Waals surface area contributed by atoms with Crippen molar-refractivity contribution in [1.29, 1.82) is 0 Å². The fourth-order valence-corrected chi connectivity index (χ4v) is 2.79. The van der Waals surface area contributed by atoms with Gasteiger partial charge < -0.3 is 10.2 Å². The van der Waals surface area contributed by atoms with Crippen LogP contribution in [-0.2, 0) is 0 Å². The molecule has 1 N–H and O–H groups in total. The van der Waals surface area contributed by atoms with E-state index in [0.717, 1.165) is 18.8 Å². The SMILES string of the molecule is O=C(Nc1ccccc1F)c1ccc(N2CCCCCC2)cn1. The summed E-state index contributed by atoms with van der Waals surface area (Å²) in [5, 5.41) is 2.55. The lowest BCUT2D eigenvalue weighted by Gasteiger charge is -2.22. The largest absolute Gasteiger partial charge is 0.370 e. The summed E-state index contributed by atoms with van der Waals surface area (Å²) in [6.45, 7) is 2.06. The molecule has 4 nitrogen and oxygen atoms in total. The zero-order chi connectivity index (χ0) is 16.1. The number of amides is 1. The van der Waals surface area contributed by atoms with Crippen LogP contribution in [0.2, 0.25) is 0 Å². The molecule has 0 saturated carbocycles. The number of rotatable bonds is 3. The maximum atomic E-state index is 13.6. The first-order valence-corrected chi connectivity index (χ1v) is 8.01. The Bertz CT molecular complexity index is 664. The van der Waals surface area contributed by atoms with Crippen LogP contribution >= 0.6 is 0 Å². The van der Waals surface area contributed by atoms with Crippen molar-refractivity contribution in [3.63, 3.8) is 0 Å². The number of hydrogen-bond donors (Lipinski definition) is 1. The summed E-state index contributed by atoms with van der Waals surface area (Å²) in [6.07, 6.45) is 6.65. The first-order valence-electron chi connectivity index (χ1n) is 8.01. The molecule has 0 aliphatic carbocycles. The molecule has 1 aliphatic heterocycles. The number of aromatic nitrogens is 1. The highest BCUT2D eigenvalue weighted by atomic mass is 19.1. The average Bonchev–Trinajstić information content (AvgIpc) is 2.86. The number of nitrogens with one attached hydrogen (secondary N) is 1. The van der Waals surface area contributed by atoms with Crippen LogP contribution in [0.4, 0.5) is 15.8 Å². The number of hydrogen-bond acceptors (Lipinski definition) is 3. The summed E-state index contributed by atoms with van der Waals surface area (Å²) in [4.78, 5) is 18.7. The van der Waals surface area contributed by atoms with Gasteiger partial charge in [0.15, 0.2) is 0 Å². The molecule has 0 bridgehead atoms. The molecule has 1 amide bonds. The van der Waals surface area contributed by atoms with Crippen LogP contribution in [-0.4, -0.2) is 24.0 Å². The van der Waals surface area contributed by atoms with Crippen molar-refractivity contribution in [2.75, 3.05) is 23.3 Å². The molecule has 5 heteroatoms. The second kappa shape index (κ2) is 7.22. The lowest BCUT2D eigenvalue weighted by molar-refractivity contribution is 0.102. The molecule has 0 unspecified atom stereocenters. The third-order valence-corrected chi connectivity index (χ3v) is 4.07. The minimum atomic E-state index is -0.456. The highest BCUT2D eigenvalue weighted by Crippen LogP contribution is 2.19. The lowest BCUT2D eigenvalue weighted by atomic mass is 10.2. The van der Waals surface area contributed by atoms with Gasteiger partial charge in [-0.3, -0.25) is 4.79 Å². The van der Waals surface area contributed by atoms with Crippen molar-refractivity contribution in [3.8, 4) is 0 Å². The minimum absolute atomic E-state index is 0.163. The summed E-state index contributed by atoms with van der Waals surface area (Å²) in [7, 11) is 0. The van der Waals surface area contributed by atoms with Gasteiger partial charge in [-0.05, 0) is 37.1 Å². The van der Waals surface area contributed by atoms with Gasteiger partial charge in [0, 0.05) is 13.1 Å². The fraction of sp³-hybridized carbons (Fsp3) is 0.333. The van der Waals surface area contributed by atoms with E-state index in [0.29, 0.717) is 0 Å². The molecular formula is C18H20FN3O. The normalized spacial score (nSPS) is 15.1. The Labute approximate surface area is 135 Å². The maximum Gasteiger partial charge on any atom is 0.274 e. The van der Waals surface area contributed by atoms with Gasteiger partial charge in [0.1, 0.15) is 11.5 Å². The monoisotopic (exact) mass is 313 g/mol. The van der Waals surface area contributed by atoms with E-state index in [1.807, 2.05) is 6.07 Å². The van der Waals surface area contributed by atoms with Gasteiger partial charge in [0.05, 0.1) is 17.6 Å². The third kappa shape index (κ3) is 3.86. The number of halogens is 1. The van der Waals surface area contributed by atoms with Crippen LogP contribution < -0.4 is 10.2 Å². The lowest BCUT2D eigenvalue weighted by Crippen LogP contribution is -2.24. The molecule has 2 heterocycles. The topological polar surface area (TPSA) is 45.2 Å². The van der Waals surface area contributed by atoms with E-state index < -0.39 is 11.7 Å². The molecule has 1 aliphatic rings. The Hall–Kier alpha value is -2.43. The van der Waals surface area contributed by atoms with Gasteiger partial charge in [-0.1, -0.05) is 25.0 Å². The van der Waals surface area contributed by atoms with Crippen LogP contribution in [0.25, 0.3) is 0 Å². The molecule has 0 radical (unpaired) electrons. The van der Waals surface area contributed by atoms with Crippen molar-refractivity contribution < 1.29 is 9.18 Å². The highest BCUT2D eigenvalue weighted by Gasteiger charge is 2.13. The summed E-state index contributed by atoms with van der Waals surface area (Å²) in [5.74, 6) is -0.862. The third-order valence-electron chi connectivity index (χ3n) is 4.07. The quantitative estimate of drug-likeness (QED) is 0.936. The molecule has 0 spiro atoms. The van der Waals surface area contributed by atoms with E-state index in [1.54, 1.807) is 24.4 Å². The molecular weight excluding hydrogens is 293 g/mol.